The standard InChI is InChI=1S/C10H13BrN4OS2/c1-16-3-2-9-13-14-10(15(9)12)18-5-7-4-17-6-8(7)11/h4,6H,2-3,5,12H2,1H3. The van der Waals surface area contributed by atoms with E-state index >= 15 is 0 Å². The molecule has 0 aliphatic carbocycles. The normalized spacial score (nSPS) is 11.0. The van der Waals surface area contributed by atoms with Crippen molar-refractivity contribution in [3.63, 3.8) is 0 Å². The maximum absolute atomic E-state index is 5.93. The average molecular weight is 349 g/mol. The van der Waals surface area contributed by atoms with Crippen LogP contribution < -0.4 is 5.84 Å². The van der Waals surface area contributed by atoms with E-state index in [2.05, 4.69) is 36.9 Å². The molecule has 0 aliphatic heterocycles. The summed E-state index contributed by atoms with van der Waals surface area (Å²) < 4.78 is 7.66. The highest BCUT2D eigenvalue weighted by Gasteiger charge is 2.11. The van der Waals surface area contributed by atoms with E-state index in [1.807, 2.05) is 0 Å². The van der Waals surface area contributed by atoms with E-state index in [-0.39, 0.29) is 0 Å². The minimum atomic E-state index is 0.593. The lowest BCUT2D eigenvalue weighted by Gasteiger charge is -2.03. The van der Waals surface area contributed by atoms with E-state index < -0.39 is 0 Å². The number of methoxy groups -OCH3 is 1. The zero-order valence-electron chi connectivity index (χ0n) is 9.80. The number of nitrogens with zero attached hydrogens (tertiary/aromatic N) is 3. The predicted molar refractivity (Wildman–Crippen MR) is 77.3 cm³/mol. The number of rotatable bonds is 6. The van der Waals surface area contributed by atoms with Gasteiger partial charge in [0.1, 0.15) is 0 Å². The zero-order valence-corrected chi connectivity index (χ0v) is 13.0. The fourth-order valence-electron chi connectivity index (χ4n) is 1.32. The van der Waals surface area contributed by atoms with Crippen LogP contribution in [0.4, 0.5) is 0 Å². The Morgan fingerprint density at radius 1 is 1.50 bits per heavy atom. The van der Waals surface area contributed by atoms with Gasteiger partial charge in [0.15, 0.2) is 5.82 Å². The number of halogens is 1. The summed E-state index contributed by atoms with van der Waals surface area (Å²) in [7, 11) is 1.65. The molecule has 18 heavy (non-hydrogen) atoms. The predicted octanol–water partition coefficient (Wildman–Crippen LogP) is 2.30. The molecule has 0 fully saturated rings. The highest BCUT2D eigenvalue weighted by Crippen LogP contribution is 2.28. The van der Waals surface area contributed by atoms with E-state index in [1.165, 1.54) is 10.2 Å². The molecule has 0 bridgehead atoms. The molecule has 0 unspecified atom stereocenters. The minimum absolute atomic E-state index is 0.593. The number of nitrogen functional groups attached to an aromatic ring is 1. The number of ether oxygens (including phenoxy) is 1. The van der Waals surface area contributed by atoms with E-state index in [9.17, 15) is 0 Å². The van der Waals surface area contributed by atoms with Gasteiger partial charge in [0.25, 0.3) is 0 Å². The van der Waals surface area contributed by atoms with Crippen molar-refractivity contribution in [2.45, 2.75) is 17.3 Å². The van der Waals surface area contributed by atoms with Crippen molar-refractivity contribution in [2.24, 2.45) is 0 Å². The smallest absolute Gasteiger partial charge is 0.210 e. The van der Waals surface area contributed by atoms with Crippen LogP contribution in [0, 0.1) is 0 Å². The van der Waals surface area contributed by atoms with Gasteiger partial charge in [-0.25, -0.2) is 4.68 Å². The molecule has 0 saturated carbocycles. The number of aromatic nitrogens is 3. The van der Waals surface area contributed by atoms with Crippen LogP contribution in [0.1, 0.15) is 11.4 Å². The second-order valence-corrected chi connectivity index (χ2v) is 6.09. The molecule has 2 rings (SSSR count). The second-order valence-electron chi connectivity index (χ2n) is 3.55. The molecule has 5 nitrogen and oxygen atoms in total. The lowest BCUT2D eigenvalue weighted by molar-refractivity contribution is 0.200. The molecule has 0 atom stereocenters. The Labute approximate surface area is 122 Å². The Kier molecular flexibility index (Phi) is 5.04. The van der Waals surface area contributed by atoms with Crippen molar-refractivity contribution in [2.75, 3.05) is 19.6 Å². The van der Waals surface area contributed by atoms with Gasteiger partial charge in [0, 0.05) is 29.1 Å². The maximum Gasteiger partial charge on any atom is 0.210 e. The van der Waals surface area contributed by atoms with Gasteiger partial charge in [-0.3, -0.25) is 0 Å². The molecule has 2 N–H and O–H groups in total. The van der Waals surface area contributed by atoms with Crippen molar-refractivity contribution in [3.8, 4) is 0 Å². The lowest BCUT2D eigenvalue weighted by atomic mass is 10.4. The highest BCUT2D eigenvalue weighted by molar-refractivity contribution is 9.10. The molecule has 0 aromatic carbocycles. The first-order chi connectivity index (χ1) is 8.72. The van der Waals surface area contributed by atoms with Crippen molar-refractivity contribution >= 4 is 39.0 Å². The third kappa shape index (κ3) is 3.25. The summed E-state index contributed by atoms with van der Waals surface area (Å²) >= 11 is 6.75. The molecule has 2 aromatic heterocycles. The van der Waals surface area contributed by atoms with Gasteiger partial charge in [0.05, 0.1) is 6.61 Å². The number of hydrogen-bond acceptors (Lipinski definition) is 6. The van der Waals surface area contributed by atoms with Crippen LogP contribution in [0.2, 0.25) is 0 Å². The summed E-state index contributed by atoms with van der Waals surface area (Å²) in [6.07, 6.45) is 0.669. The molecular weight excluding hydrogens is 336 g/mol. The minimum Gasteiger partial charge on any atom is -0.384 e. The second kappa shape index (κ2) is 6.55. The summed E-state index contributed by atoms with van der Waals surface area (Å²) in [6, 6.07) is 0. The van der Waals surface area contributed by atoms with Crippen molar-refractivity contribution in [3.05, 3.63) is 26.6 Å². The van der Waals surface area contributed by atoms with Crippen LogP contribution in [-0.2, 0) is 16.9 Å². The van der Waals surface area contributed by atoms with Crippen molar-refractivity contribution < 1.29 is 4.74 Å². The van der Waals surface area contributed by atoms with Crippen molar-refractivity contribution in [1.82, 2.24) is 14.9 Å². The highest BCUT2D eigenvalue weighted by atomic mass is 79.9. The summed E-state index contributed by atoms with van der Waals surface area (Å²) in [5.41, 5.74) is 1.24. The van der Waals surface area contributed by atoms with Crippen LogP contribution in [0.3, 0.4) is 0 Å². The Morgan fingerprint density at radius 2 is 2.33 bits per heavy atom. The Hall–Kier alpha value is -0.570. The first-order valence-electron chi connectivity index (χ1n) is 5.24. The van der Waals surface area contributed by atoms with Crippen LogP contribution in [0.5, 0.6) is 0 Å². The summed E-state index contributed by atoms with van der Waals surface area (Å²) in [5, 5.41) is 13.0. The number of thioether (sulfide) groups is 1. The average Bonchev–Trinajstić information content (AvgIpc) is 2.92. The van der Waals surface area contributed by atoms with Gasteiger partial charge in [-0.1, -0.05) is 11.8 Å². The topological polar surface area (TPSA) is 66.0 Å². The molecule has 2 aromatic rings. The molecule has 0 spiro atoms. The van der Waals surface area contributed by atoms with Crippen LogP contribution >= 0.6 is 39.0 Å². The zero-order chi connectivity index (χ0) is 13.0. The van der Waals surface area contributed by atoms with Gasteiger partial charge in [-0.15, -0.1) is 10.2 Å². The maximum atomic E-state index is 5.93. The van der Waals surface area contributed by atoms with E-state index in [0.29, 0.717) is 13.0 Å². The first-order valence-corrected chi connectivity index (χ1v) is 7.96. The van der Waals surface area contributed by atoms with Gasteiger partial charge in [-0.05, 0) is 26.9 Å². The Balaban J connectivity index is 1.97. The summed E-state index contributed by atoms with van der Waals surface area (Å²) in [5.74, 6) is 7.49. The van der Waals surface area contributed by atoms with Crippen LogP contribution in [0.25, 0.3) is 0 Å². The van der Waals surface area contributed by atoms with Gasteiger partial charge in [-0.2, -0.15) is 11.3 Å². The first kappa shape index (κ1) is 13.9. The van der Waals surface area contributed by atoms with Crippen LogP contribution in [0.15, 0.2) is 20.4 Å². The number of hydrogen-bond donors (Lipinski definition) is 1. The summed E-state index contributed by atoms with van der Waals surface area (Å²) in [4.78, 5) is 0. The molecule has 0 saturated heterocycles. The van der Waals surface area contributed by atoms with Crippen molar-refractivity contribution in [1.29, 1.82) is 0 Å². The lowest BCUT2D eigenvalue weighted by Crippen LogP contribution is -2.15. The molecule has 98 valence electrons. The third-order valence-electron chi connectivity index (χ3n) is 2.31. The van der Waals surface area contributed by atoms with E-state index in [0.717, 1.165) is 21.2 Å². The Bertz CT molecular complexity index is 514. The third-order valence-corrected chi connectivity index (χ3v) is 5.14. The monoisotopic (exact) mass is 348 g/mol. The summed E-state index contributed by atoms with van der Waals surface area (Å²) in [6.45, 7) is 0.593. The van der Waals surface area contributed by atoms with Crippen LogP contribution in [-0.4, -0.2) is 28.6 Å². The fourth-order valence-corrected chi connectivity index (χ4v) is 3.92. The molecule has 2 heterocycles. The molecule has 0 aliphatic rings. The SMILES string of the molecule is COCCc1nnc(SCc2cscc2Br)n1N. The molecular formula is C10H13BrN4OS2. The fraction of sp³-hybridized carbons (Fsp3) is 0.400. The molecule has 0 amide bonds. The molecule has 8 heteroatoms. The quantitative estimate of drug-likeness (QED) is 0.640. The van der Waals surface area contributed by atoms with Gasteiger partial charge in [0.2, 0.25) is 5.16 Å². The Morgan fingerprint density at radius 3 is 3.00 bits per heavy atom. The number of nitrogens with two attached hydrogens (primary N) is 1. The van der Waals surface area contributed by atoms with Gasteiger partial charge < -0.3 is 10.6 Å². The largest absolute Gasteiger partial charge is 0.384 e. The van der Waals surface area contributed by atoms with E-state index in [1.54, 1.807) is 30.2 Å². The molecule has 0 radical (unpaired) electrons. The van der Waals surface area contributed by atoms with E-state index in [4.69, 9.17) is 10.6 Å². The number of thiophene rings is 1. The van der Waals surface area contributed by atoms with Gasteiger partial charge >= 0.3 is 0 Å².